The zero-order valence-corrected chi connectivity index (χ0v) is 16.9. The van der Waals surface area contributed by atoms with Crippen LogP contribution in [0.15, 0.2) is 70.7 Å². The molecule has 4 rings (SSSR count). The Kier molecular flexibility index (Phi) is 5.44. The normalized spacial score (nSPS) is 15.6. The van der Waals surface area contributed by atoms with E-state index in [1.807, 2.05) is 6.07 Å². The van der Waals surface area contributed by atoms with Crippen molar-refractivity contribution in [3.63, 3.8) is 0 Å². The number of imide groups is 2. The summed E-state index contributed by atoms with van der Waals surface area (Å²) < 4.78 is 5.73. The third-order valence-corrected chi connectivity index (χ3v) is 5.32. The highest BCUT2D eigenvalue weighted by atomic mass is 35.5. The maximum absolute atomic E-state index is 12.8. The van der Waals surface area contributed by atoms with E-state index >= 15 is 0 Å². The molecule has 1 aliphatic heterocycles. The Labute approximate surface area is 181 Å². The van der Waals surface area contributed by atoms with Gasteiger partial charge in [0, 0.05) is 5.56 Å². The number of amides is 4. The van der Waals surface area contributed by atoms with Crippen molar-refractivity contribution in [2.75, 3.05) is 0 Å². The van der Waals surface area contributed by atoms with Gasteiger partial charge in [-0.2, -0.15) is 0 Å². The molecule has 0 spiro atoms. The van der Waals surface area contributed by atoms with E-state index in [0.717, 1.165) is 10.5 Å². The van der Waals surface area contributed by atoms with Gasteiger partial charge in [-0.05, 0) is 35.9 Å². The lowest BCUT2D eigenvalue weighted by molar-refractivity contribution is -0.130. The number of nitrogens with zero attached hydrogens (tertiary/aromatic N) is 1. The van der Waals surface area contributed by atoms with E-state index in [4.69, 9.17) is 27.6 Å². The summed E-state index contributed by atoms with van der Waals surface area (Å²) in [5.41, 5.74) is 1.13. The number of halogens is 2. The third-order valence-electron chi connectivity index (χ3n) is 4.50. The Balaban J connectivity index is 1.63. The lowest BCUT2D eigenvalue weighted by Crippen LogP contribution is -2.53. The molecule has 4 amide bonds. The van der Waals surface area contributed by atoms with Gasteiger partial charge in [0.2, 0.25) is 0 Å². The molecule has 2 aromatic carbocycles. The van der Waals surface area contributed by atoms with E-state index in [9.17, 15) is 14.4 Å². The smallest absolute Gasteiger partial charge is 0.331 e. The van der Waals surface area contributed by atoms with E-state index < -0.39 is 17.8 Å². The Morgan fingerprint density at radius 3 is 2.47 bits per heavy atom. The predicted octanol–water partition coefficient (Wildman–Crippen LogP) is 4.92. The number of benzene rings is 2. The molecule has 150 valence electrons. The fourth-order valence-corrected chi connectivity index (χ4v) is 3.41. The topological polar surface area (TPSA) is 79.6 Å². The molecule has 3 aromatic rings. The lowest BCUT2D eigenvalue weighted by atomic mass is 10.1. The van der Waals surface area contributed by atoms with Crippen LogP contribution in [-0.2, 0) is 16.1 Å². The molecule has 0 unspecified atom stereocenters. The highest BCUT2D eigenvalue weighted by Crippen LogP contribution is 2.34. The van der Waals surface area contributed by atoms with Gasteiger partial charge >= 0.3 is 6.03 Å². The van der Waals surface area contributed by atoms with Gasteiger partial charge in [-0.25, -0.2) is 4.79 Å². The van der Waals surface area contributed by atoms with Crippen molar-refractivity contribution in [1.29, 1.82) is 0 Å². The molecular weight excluding hydrogens is 427 g/mol. The SMILES string of the molecule is O=C1NC(=O)N(Cc2ccccc2)C(=O)/C1=C\c1ccc(-c2cccc(Cl)c2Cl)o1. The number of urea groups is 1. The zero-order chi connectivity index (χ0) is 21.3. The first-order valence-corrected chi connectivity index (χ1v) is 9.66. The van der Waals surface area contributed by atoms with Crippen LogP contribution in [0, 0.1) is 0 Å². The second-order valence-corrected chi connectivity index (χ2v) is 7.28. The summed E-state index contributed by atoms with van der Waals surface area (Å²) in [7, 11) is 0. The van der Waals surface area contributed by atoms with Crippen molar-refractivity contribution >= 4 is 47.1 Å². The molecule has 6 nitrogen and oxygen atoms in total. The average Bonchev–Trinajstić information content (AvgIpc) is 3.20. The predicted molar refractivity (Wildman–Crippen MR) is 113 cm³/mol. The molecule has 0 aliphatic carbocycles. The summed E-state index contributed by atoms with van der Waals surface area (Å²) in [6.45, 7) is 0.0393. The Morgan fingerprint density at radius 2 is 1.70 bits per heavy atom. The van der Waals surface area contributed by atoms with Crippen molar-refractivity contribution < 1.29 is 18.8 Å². The summed E-state index contributed by atoms with van der Waals surface area (Å²) in [4.78, 5) is 38.2. The first-order chi connectivity index (χ1) is 14.4. The first-order valence-electron chi connectivity index (χ1n) is 8.91. The van der Waals surface area contributed by atoms with Gasteiger partial charge in [0.1, 0.15) is 17.1 Å². The van der Waals surface area contributed by atoms with Crippen LogP contribution in [0.5, 0.6) is 0 Å². The monoisotopic (exact) mass is 440 g/mol. The van der Waals surface area contributed by atoms with Crippen molar-refractivity contribution in [3.8, 4) is 11.3 Å². The van der Waals surface area contributed by atoms with Gasteiger partial charge in [-0.15, -0.1) is 0 Å². The molecule has 0 saturated carbocycles. The highest BCUT2D eigenvalue weighted by Gasteiger charge is 2.36. The number of hydrogen-bond acceptors (Lipinski definition) is 4. The number of carbonyl (C=O) groups excluding carboxylic acids is 3. The summed E-state index contributed by atoms with van der Waals surface area (Å²) in [5.74, 6) is -0.803. The Bertz CT molecular complexity index is 1180. The fourth-order valence-electron chi connectivity index (χ4n) is 3.02. The summed E-state index contributed by atoms with van der Waals surface area (Å²) >= 11 is 12.3. The van der Waals surface area contributed by atoms with Gasteiger partial charge < -0.3 is 4.42 Å². The molecule has 1 N–H and O–H groups in total. The number of nitrogens with one attached hydrogen (secondary N) is 1. The second-order valence-electron chi connectivity index (χ2n) is 6.50. The van der Waals surface area contributed by atoms with Crippen LogP contribution in [0.2, 0.25) is 10.0 Å². The van der Waals surface area contributed by atoms with E-state index in [0.29, 0.717) is 21.4 Å². The lowest BCUT2D eigenvalue weighted by Gasteiger charge is -2.26. The minimum atomic E-state index is -0.784. The molecular formula is C22H14Cl2N2O4. The zero-order valence-electron chi connectivity index (χ0n) is 15.4. The average molecular weight is 441 g/mol. The van der Waals surface area contributed by atoms with Crippen LogP contribution in [0.3, 0.4) is 0 Å². The number of barbiturate groups is 1. The van der Waals surface area contributed by atoms with Gasteiger partial charge in [0.25, 0.3) is 11.8 Å². The van der Waals surface area contributed by atoms with E-state index in [2.05, 4.69) is 5.32 Å². The van der Waals surface area contributed by atoms with Crippen LogP contribution < -0.4 is 5.32 Å². The molecule has 0 bridgehead atoms. The number of rotatable bonds is 4. The van der Waals surface area contributed by atoms with Crippen molar-refractivity contribution in [2.45, 2.75) is 6.54 Å². The minimum Gasteiger partial charge on any atom is -0.457 e. The Hall–Kier alpha value is -3.35. The second kappa shape index (κ2) is 8.18. The van der Waals surface area contributed by atoms with Gasteiger partial charge in [-0.1, -0.05) is 59.6 Å². The van der Waals surface area contributed by atoms with Gasteiger partial charge in [-0.3, -0.25) is 19.8 Å². The third kappa shape index (κ3) is 3.87. The van der Waals surface area contributed by atoms with E-state index in [1.165, 1.54) is 6.08 Å². The number of hydrogen-bond donors (Lipinski definition) is 1. The molecule has 1 aliphatic rings. The number of furan rings is 1. The largest absolute Gasteiger partial charge is 0.457 e. The Morgan fingerprint density at radius 1 is 0.933 bits per heavy atom. The first kappa shape index (κ1) is 19.9. The quantitative estimate of drug-likeness (QED) is 0.461. The molecule has 1 saturated heterocycles. The molecule has 0 radical (unpaired) electrons. The molecule has 2 heterocycles. The van der Waals surface area contributed by atoms with E-state index in [-0.39, 0.29) is 17.9 Å². The molecule has 1 aromatic heterocycles. The van der Waals surface area contributed by atoms with Crippen LogP contribution in [-0.4, -0.2) is 22.7 Å². The minimum absolute atomic E-state index is 0.0393. The molecule has 1 fully saturated rings. The van der Waals surface area contributed by atoms with Crippen molar-refractivity contribution in [3.05, 3.63) is 87.6 Å². The van der Waals surface area contributed by atoms with Crippen LogP contribution in [0.1, 0.15) is 11.3 Å². The maximum atomic E-state index is 12.8. The highest BCUT2D eigenvalue weighted by molar-refractivity contribution is 6.43. The standard InChI is InChI=1S/C22H14Cl2N2O4/c23-17-8-4-7-15(19(17)24)18-10-9-14(30-18)11-16-20(27)25-22(29)26(21(16)28)12-13-5-2-1-3-6-13/h1-11H,12H2,(H,25,27,29)/b16-11-. The maximum Gasteiger partial charge on any atom is 0.331 e. The molecule has 0 atom stereocenters. The fraction of sp³-hybridized carbons (Fsp3) is 0.0455. The van der Waals surface area contributed by atoms with Crippen LogP contribution >= 0.6 is 23.2 Å². The van der Waals surface area contributed by atoms with Crippen molar-refractivity contribution in [1.82, 2.24) is 10.2 Å². The summed E-state index contributed by atoms with van der Waals surface area (Å²) in [5, 5.41) is 2.89. The van der Waals surface area contributed by atoms with Crippen LogP contribution in [0.4, 0.5) is 4.79 Å². The van der Waals surface area contributed by atoms with E-state index in [1.54, 1.807) is 54.6 Å². The van der Waals surface area contributed by atoms with Crippen molar-refractivity contribution in [2.24, 2.45) is 0 Å². The molecule has 30 heavy (non-hydrogen) atoms. The number of carbonyl (C=O) groups is 3. The van der Waals surface area contributed by atoms with Gasteiger partial charge in [0.05, 0.1) is 16.6 Å². The molecule has 8 heteroatoms. The van der Waals surface area contributed by atoms with Crippen LogP contribution in [0.25, 0.3) is 17.4 Å². The van der Waals surface area contributed by atoms with Gasteiger partial charge in [0.15, 0.2) is 0 Å². The summed E-state index contributed by atoms with van der Waals surface area (Å²) in [6, 6.07) is 16.6. The summed E-state index contributed by atoms with van der Waals surface area (Å²) in [6.07, 6.45) is 1.30.